The Morgan fingerprint density at radius 1 is 1.16 bits per heavy atom. The van der Waals surface area contributed by atoms with Crippen molar-refractivity contribution in [2.24, 2.45) is 0 Å². The normalized spacial score (nSPS) is 16.2. The summed E-state index contributed by atoms with van der Waals surface area (Å²) >= 11 is 9.55. The maximum Gasteiger partial charge on any atom is 0.410 e. The Bertz CT molecular complexity index is 996. The number of carbonyl (C=O) groups is 1. The van der Waals surface area contributed by atoms with Gasteiger partial charge < -0.3 is 19.5 Å². The number of amides is 1. The quantitative estimate of drug-likeness (QED) is 0.493. The van der Waals surface area contributed by atoms with E-state index in [0.29, 0.717) is 30.3 Å². The second-order valence-electron chi connectivity index (χ2n) is 9.09. The van der Waals surface area contributed by atoms with E-state index in [9.17, 15) is 9.90 Å². The fraction of sp³-hybridized carbons (Fsp3) is 0.400. The van der Waals surface area contributed by atoms with E-state index in [1.165, 1.54) is 0 Å². The van der Waals surface area contributed by atoms with Gasteiger partial charge in [0, 0.05) is 23.7 Å². The van der Waals surface area contributed by atoms with Gasteiger partial charge in [-0.15, -0.1) is 0 Å². The maximum atomic E-state index is 12.4. The molecule has 0 spiro atoms. The topological polar surface area (TPSA) is 59.0 Å². The number of halogens is 2. The van der Waals surface area contributed by atoms with Crippen molar-refractivity contribution in [1.82, 2.24) is 4.90 Å². The zero-order valence-electron chi connectivity index (χ0n) is 18.8. The van der Waals surface area contributed by atoms with Crippen molar-refractivity contribution >= 4 is 39.2 Å². The van der Waals surface area contributed by atoms with E-state index in [2.05, 4.69) is 15.9 Å². The lowest BCUT2D eigenvalue weighted by Crippen LogP contribution is -2.39. The second-order valence-corrected chi connectivity index (χ2v) is 10.4. The molecule has 0 saturated heterocycles. The van der Waals surface area contributed by atoms with Crippen LogP contribution in [0.4, 0.5) is 4.79 Å². The van der Waals surface area contributed by atoms with Crippen LogP contribution in [0.15, 0.2) is 53.0 Å². The molecule has 0 saturated carbocycles. The van der Waals surface area contributed by atoms with Gasteiger partial charge in [0.05, 0.1) is 4.47 Å². The van der Waals surface area contributed by atoms with E-state index in [1.807, 2.05) is 45.0 Å². The third kappa shape index (κ3) is 6.27. The third-order valence-corrected chi connectivity index (χ3v) is 6.01. The van der Waals surface area contributed by atoms with Crippen molar-refractivity contribution in [3.05, 3.63) is 69.2 Å². The summed E-state index contributed by atoms with van der Waals surface area (Å²) < 4.78 is 12.4. The molecule has 32 heavy (non-hydrogen) atoms. The lowest BCUT2D eigenvalue weighted by Gasteiger charge is -2.30. The molecule has 1 amide bonds. The SMILES string of the molecule is CC(C)(C)OC(=O)N1CC=C(c2cccc(Br)c2OCC(C)(O)c2ccc(Cl)cc2)CC1. The van der Waals surface area contributed by atoms with Crippen LogP contribution in [0, 0.1) is 0 Å². The molecule has 0 aliphatic carbocycles. The number of nitrogens with zero attached hydrogens (tertiary/aromatic N) is 1. The molecule has 7 heteroatoms. The number of aliphatic hydroxyl groups is 1. The maximum absolute atomic E-state index is 12.4. The standard InChI is InChI=1S/C25H29BrClNO4/c1-24(2,3)32-23(29)28-14-12-17(13-15-28)20-6-5-7-21(26)22(20)31-16-25(4,30)18-8-10-19(27)11-9-18/h5-12,30H,13-16H2,1-4H3. The number of rotatable bonds is 5. The van der Waals surface area contributed by atoms with E-state index in [1.54, 1.807) is 36.1 Å². The summed E-state index contributed by atoms with van der Waals surface area (Å²) in [7, 11) is 0. The lowest BCUT2D eigenvalue weighted by atomic mass is 9.96. The van der Waals surface area contributed by atoms with Gasteiger partial charge in [0.2, 0.25) is 0 Å². The molecule has 0 bridgehead atoms. The Balaban J connectivity index is 1.75. The molecule has 1 atom stereocenters. The molecule has 1 unspecified atom stereocenters. The second kappa shape index (κ2) is 9.86. The lowest BCUT2D eigenvalue weighted by molar-refractivity contribution is 0.00722. The molecular formula is C25H29BrClNO4. The van der Waals surface area contributed by atoms with Crippen molar-refractivity contribution in [2.45, 2.75) is 45.3 Å². The fourth-order valence-corrected chi connectivity index (χ4v) is 4.03. The Kier molecular flexibility index (Phi) is 7.58. The van der Waals surface area contributed by atoms with Gasteiger partial charge in [-0.2, -0.15) is 0 Å². The van der Waals surface area contributed by atoms with Crippen molar-refractivity contribution < 1.29 is 19.4 Å². The smallest absolute Gasteiger partial charge is 0.410 e. The summed E-state index contributed by atoms with van der Waals surface area (Å²) in [6, 6.07) is 12.9. The van der Waals surface area contributed by atoms with Crippen molar-refractivity contribution in [2.75, 3.05) is 19.7 Å². The summed E-state index contributed by atoms with van der Waals surface area (Å²) in [5.41, 5.74) is 1.04. The highest BCUT2D eigenvalue weighted by atomic mass is 79.9. The summed E-state index contributed by atoms with van der Waals surface area (Å²) in [5.74, 6) is 0.665. The minimum Gasteiger partial charge on any atom is -0.488 e. The van der Waals surface area contributed by atoms with E-state index in [-0.39, 0.29) is 12.7 Å². The predicted octanol–water partition coefficient (Wildman–Crippen LogP) is 6.41. The predicted molar refractivity (Wildman–Crippen MR) is 131 cm³/mol. The van der Waals surface area contributed by atoms with E-state index < -0.39 is 11.2 Å². The molecule has 5 nitrogen and oxygen atoms in total. The molecular weight excluding hydrogens is 494 g/mol. The monoisotopic (exact) mass is 521 g/mol. The van der Waals surface area contributed by atoms with Crippen LogP contribution in [0.5, 0.6) is 5.75 Å². The molecule has 0 aromatic heterocycles. The summed E-state index contributed by atoms with van der Waals surface area (Å²) in [6.07, 6.45) is 2.40. The van der Waals surface area contributed by atoms with E-state index in [0.717, 1.165) is 21.2 Å². The molecule has 1 aliphatic rings. The molecule has 0 fully saturated rings. The van der Waals surface area contributed by atoms with Gasteiger partial charge in [-0.1, -0.05) is 41.9 Å². The third-order valence-electron chi connectivity index (χ3n) is 5.14. The number of hydrogen-bond acceptors (Lipinski definition) is 4. The first-order chi connectivity index (χ1) is 15.0. The summed E-state index contributed by atoms with van der Waals surface area (Å²) in [4.78, 5) is 14.0. The van der Waals surface area contributed by atoms with Crippen LogP contribution in [0.3, 0.4) is 0 Å². The highest BCUT2D eigenvalue weighted by molar-refractivity contribution is 9.10. The first-order valence-electron chi connectivity index (χ1n) is 10.5. The van der Waals surface area contributed by atoms with Crippen LogP contribution in [0.2, 0.25) is 5.02 Å². The number of para-hydroxylation sites is 1. The Morgan fingerprint density at radius 3 is 2.44 bits per heavy atom. The van der Waals surface area contributed by atoms with Gasteiger partial charge in [0.15, 0.2) is 0 Å². The average molecular weight is 523 g/mol. The number of carbonyl (C=O) groups excluding carboxylic acids is 1. The average Bonchev–Trinajstić information content (AvgIpc) is 2.72. The molecule has 1 heterocycles. The minimum atomic E-state index is -1.19. The highest BCUT2D eigenvalue weighted by Gasteiger charge is 2.27. The first-order valence-corrected chi connectivity index (χ1v) is 11.7. The summed E-state index contributed by atoms with van der Waals surface area (Å²) in [6.45, 7) is 8.40. The van der Waals surface area contributed by atoms with Gasteiger partial charge >= 0.3 is 6.09 Å². The number of benzene rings is 2. The molecule has 0 radical (unpaired) electrons. The van der Waals surface area contributed by atoms with E-state index >= 15 is 0 Å². The number of hydrogen-bond donors (Lipinski definition) is 1. The Labute approximate surface area is 203 Å². The van der Waals surface area contributed by atoms with E-state index in [4.69, 9.17) is 21.1 Å². The van der Waals surface area contributed by atoms with Crippen molar-refractivity contribution in [3.8, 4) is 5.75 Å². The molecule has 1 aliphatic heterocycles. The molecule has 1 N–H and O–H groups in total. The fourth-order valence-electron chi connectivity index (χ4n) is 3.42. The number of ether oxygens (including phenoxy) is 2. The molecule has 2 aromatic rings. The zero-order valence-corrected chi connectivity index (χ0v) is 21.2. The highest BCUT2D eigenvalue weighted by Crippen LogP contribution is 2.37. The van der Waals surface area contributed by atoms with Crippen molar-refractivity contribution in [1.29, 1.82) is 0 Å². The Hall–Kier alpha value is -2.02. The molecule has 2 aromatic carbocycles. The van der Waals surface area contributed by atoms with Crippen LogP contribution in [-0.2, 0) is 10.3 Å². The molecule has 172 valence electrons. The van der Waals surface area contributed by atoms with Crippen LogP contribution in [-0.4, -0.2) is 41.4 Å². The van der Waals surface area contributed by atoms with Crippen molar-refractivity contribution in [3.63, 3.8) is 0 Å². The van der Waals surface area contributed by atoms with Crippen LogP contribution < -0.4 is 4.74 Å². The first kappa shape index (κ1) is 24.6. The van der Waals surface area contributed by atoms with Crippen LogP contribution >= 0.6 is 27.5 Å². The van der Waals surface area contributed by atoms with Gasteiger partial charge in [-0.05, 0) is 79.4 Å². The van der Waals surface area contributed by atoms with Crippen LogP contribution in [0.1, 0.15) is 45.2 Å². The van der Waals surface area contributed by atoms with Gasteiger partial charge in [-0.3, -0.25) is 0 Å². The van der Waals surface area contributed by atoms with Gasteiger partial charge in [-0.25, -0.2) is 4.79 Å². The van der Waals surface area contributed by atoms with Gasteiger partial charge in [0.25, 0.3) is 0 Å². The Morgan fingerprint density at radius 2 is 1.84 bits per heavy atom. The zero-order chi connectivity index (χ0) is 23.5. The van der Waals surface area contributed by atoms with Gasteiger partial charge in [0.1, 0.15) is 23.6 Å². The largest absolute Gasteiger partial charge is 0.488 e. The summed E-state index contributed by atoms with van der Waals surface area (Å²) in [5, 5.41) is 11.6. The van der Waals surface area contributed by atoms with Crippen LogP contribution in [0.25, 0.3) is 5.57 Å². The molecule has 3 rings (SSSR count). The minimum absolute atomic E-state index is 0.0710.